The van der Waals surface area contributed by atoms with E-state index < -0.39 is 29.7 Å². The van der Waals surface area contributed by atoms with E-state index in [-0.39, 0.29) is 37.0 Å². The van der Waals surface area contributed by atoms with Crippen LogP contribution in [-0.4, -0.2) is 21.6 Å². The third-order valence-electron chi connectivity index (χ3n) is 4.30. The number of aliphatic carboxylic acids is 1. The zero-order valence-corrected chi connectivity index (χ0v) is 17.5. The maximum absolute atomic E-state index is 13.1. The van der Waals surface area contributed by atoms with Crippen LogP contribution in [0.2, 0.25) is 10.0 Å². The number of rotatable bonds is 4. The van der Waals surface area contributed by atoms with Crippen molar-refractivity contribution in [1.82, 2.24) is 4.57 Å². The Morgan fingerprint density at radius 2 is 1.87 bits per heavy atom. The van der Waals surface area contributed by atoms with E-state index in [0.29, 0.717) is 0 Å². The van der Waals surface area contributed by atoms with Crippen molar-refractivity contribution < 1.29 is 27.9 Å². The highest BCUT2D eigenvalue weighted by Crippen LogP contribution is 2.33. The number of aromatic nitrogens is 1. The monoisotopic (exact) mass is 476 g/mol. The van der Waals surface area contributed by atoms with Gasteiger partial charge in [0.05, 0.1) is 25.8 Å². The van der Waals surface area contributed by atoms with Gasteiger partial charge in [0.1, 0.15) is 6.04 Å². The minimum atomic E-state index is -4.56. The summed E-state index contributed by atoms with van der Waals surface area (Å²) in [4.78, 5) is 28.3. The van der Waals surface area contributed by atoms with Gasteiger partial charge in [-0.3, -0.25) is 4.79 Å². The number of thiazole rings is 1. The molecule has 3 aromatic rings. The van der Waals surface area contributed by atoms with Crippen LogP contribution in [0.25, 0.3) is 10.2 Å². The maximum atomic E-state index is 13.1. The van der Waals surface area contributed by atoms with E-state index in [9.17, 15) is 27.9 Å². The van der Waals surface area contributed by atoms with Crippen molar-refractivity contribution in [3.63, 3.8) is 0 Å². The smallest absolute Gasteiger partial charge is 0.416 e. The molecular weight excluding hydrogens is 464 g/mol. The van der Waals surface area contributed by atoms with Crippen LogP contribution in [0.5, 0.6) is 0 Å². The van der Waals surface area contributed by atoms with Gasteiger partial charge in [-0.1, -0.05) is 41.5 Å². The zero-order chi connectivity index (χ0) is 22.2. The van der Waals surface area contributed by atoms with Crippen LogP contribution in [0.1, 0.15) is 35.3 Å². The lowest BCUT2D eigenvalue weighted by Gasteiger charge is -2.14. The summed E-state index contributed by atoms with van der Waals surface area (Å²) in [5, 5.41) is 9.95. The quantitative estimate of drug-likeness (QED) is 0.516. The molecule has 0 saturated carbocycles. The highest BCUT2D eigenvalue weighted by Gasteiger charge is 2.31. The molecule has 0 saturated heterocycles. The number of hydrogen-bond acceptors (Lipinski definition) is 3. The van der Waals surface area contributed by atoms with Crippen LogP contribution in [-0.2, 0) is 11.0 Å². The van der Waals surface area contributed by atoms with Gasteiger partial charge < -0.3 is 9.67 Å². The summed E-state index contributed by atoms with van der Waals surface area (Å²) in [6.07, 6.45) is -4.43. The normalized spacial score (nSPS) is 13.6. The van der Waals surface area contributed by atoms with Crippen molar-refractivity contribution in [1.29, 1.82) is 0 Å². The molecule has 3 rings (SSSR count). The minimum absolute atomic E-state index is 0.0327. The molecule has 30 heavy (non-hydrogen) atoms. The van der Waals surface area contributed by atoms with Crippen molar-refractivity contribution >= 4 is 56.6 Å². The van der Waals surface area contributed by atoms with Gasteiger partial charge in [0.15, 0.2) is 4.80 Å². The molecule has 1 amide bonds. The average Bonchev–Trinajstić information content (AvgIpc) is 3.00. The molecule has 1 heterocycles. The predicted octanol–water partition coefficient (Wildman–Crippen LogP) is 5.81. The molecule has 0 spiro atoms. The number of halogens is 5. The van der Waals surface area contributed by atoms with E-state index in [4.69, 9.17) is 23.2 Å². The van der Waals surface area contributed by atoms with Gasteiger partial charge in [0.2, 0.25) is 0 Å². The number of carbonyl (C=O) groups excluding carboxylic acids is 1. The Kier molecular flexibility index (Phi) is 6.26. The van der Waals surface area contributed by atoms with Crippen LogP contribution in [0, 0.1) is 0 Å². The number of fused-ring (bicyclic) bond motifs is 1. The van der Waals surface area contributed by atoms with Crippen molar-refractivity contribution in [3.05, 3.63) is 62.4 Å². The number of alkyl halides is 3. The predicted molar refractivity (Wildman–Crippen MR) is 108 cm³/mol. The van der Waals surface area contributed by atoms with Gasteiger partial charge >= 0.3 is 12.1 Å². The van der Waals surface area contributed by atoms with Crippen LogP contribution < -0.4 is 4.80 Å². The fourth-order valence-corrected chi connectivity index (χ4v) is 4.25. The van der Waals surface area contributed by atoms with E-state index in [2.05, 4.69) is 4.99 Å². The van der Waals surface area contributed by atoms with E-state index in [1.807, 2.05) is 0 Å². The summed E-state index contributed by atoms with van der Waals surface area (Å²) in [5.74, 6) is -1.93. The Balaban J connectivity index is 2.25. The number of benzene rings is 2. The Morgan fingerprint density at radius 3 is 2.43 bits per heavy atom. The molecule has 0 aliphatic rings. The summed E-state index contributed by atoms with van der Waals surface area (Å²) in [7, 11) is 0. The maximum Gasteiger partial charge on any atom is 0.416 e. The Labute approximate surface area is 182 Å². The molecule has 1 atom stereocenters. The van der Waals surface area contributed by atoms with Gasteiger partial charge in [0.25, 0.3) is 5.91 Å². The third-order valence-corrected chi connectivity index (χ3v) is 6.06. The van der Waals surface area contributed by atoms with E-state index in [1.165, 1.54) is 28.8 Å². The molecule has 1 N–H and O–H groups in total. The lowest BCUT2D eigenvalue weighted by Crippen LogP contribution is -2.27. The highest BCUT2D eigenvalue weighted by molar-refractivity contribution is 7.16. The summed E-state index contributed by atoms with van der Waals surface area (Å²) >= 11 is 12.6. The van der Waals surface area contributed by atoms with Crippen molar-refractivity contribution in [2.75, 3.05) is 0 Å². The first-order chi connectivity index (χ1) is 14.0. The molecule has 1 aromatic heterocycles. The number of nitrogens with zero attached hydrogens (tertiary/aromatic N) is 2. The van der Waals surface area contributed by atoms with E-state index >= 15 is 0 Å². The molecule has 0 radical (unpaired) electrons. The molecule has 2 aromatic carbocycles. The van der Waals surface area contributed by atoms with Gasteiger partial charge in [-0.05, 0) is 42.8 Å². The van der Waals surface area contributed by atoms with Crippen LogP contribution in [0.15, 0.2) is 41.4 Å². The van der Waals surface area contributed by atoms with Gasteiger partial charge in [0, 0.05) is 5.56 Å². The van der Waals surface area contributed by atoms with Crippen LogP contribution in [0.3, 0.4) is 0 Å². The Morgan fingerprint density at radius 1 is 1.17 bits per heavy atom. The first kappa shape index (κ1) is 22.3. The molecule has 0 bridgehead atoms. The third kappa shape index (κ3) is 4.38. The molecular formula is C19H13Cl2F3N2O3S. The second-order valence-electron chi connectivity index (χ2n) is 6.24. The van der Waals surface area contributed by atoms with Gasteiger partial charge in [-0.15, -0.1) is 0 Å². The highest BCUT2D eigenvalue weighted by atomic mass is 35.5. The Hall–Kier alpha value is -2.36. The SMILES string of the molecule is CCC(C(=O)O)n1c(=NC(=O)c2ccc(Cl)c(Cl)c2)sc2cc(C(F)(F)F)ccc21. The second kappa shape index (κ2) is 8.41. The number of carboxylic acids is 1. The fraction of sp³-hybridized carbons (Fsp3) is 0.211. The average molecular weight is 477 g/mol. The first-order valence-electron chi connectivity index (χ1n) is 8.52. The summed E-state index contributed by atoms with van der Waals surface area (Å²) in [5.41, 5.74) is -0.537. The standard InChI is InChI=1S/C19H13Cl2F3N2O3S/c1-2-13(17(28)29)26-14-6-4-10(19(22,23)24)8-15(14)30-18(26)25-16(27)9-3-5-11(20)12(21)7-9/h3-8,13H,2H2,1H3,(H,28,29). The molecule has 158 valence electrons. The Bertz CT molecular complexity index is 1220. The summed E-state index contributed by atoms with van der Waals surface area (Å²) in [6, 6.07) is 5.96. The fourth-order valence-electron chi connectivity index (χ4n) is 2.85. The van der Waals surface area contributed by atoms with Crippen LogP contribution >= 0.6 is 34.5 Å². The van der Waals surface area contributed by atoms with E-state index in [1.54, 1.807) is 6.92 Å². The number of carboxylic acid groups (broad SMARTS) is 1. The molecule has 5 nitrogen and oxygen atoms in total. The van der Waals surface area contributed by atoms with Gasteiger partial charge in [-0.25, -0.2) is 4.79 Å². The molecule has 1 unspecified atom stereocenters. The van der Waals surface area contributed by atoms with Crippen molar-refractivity contribution in [3.8, 4) is 0 Å². The van der Waals surface area contributed by atoms with Gasteiger partial charge in [-0.2, -0.15) is 18.2 Å². The van der Waals surface area contributed by atoms with Crippen molar-refractivity contribution in [2.45, 2.75) is 25.6 Å². The van der Waals surface area contributed by atoms with Crippen LogP contribution in [0.4, 0.5) is 13.2 Å². The van der Waals surface area contributed by atoms with Crippen molar-refractivity contribution in [2.24, 2.45) is 4.99 Å². The summed E-state index contributed by atoms with van der Waals surface area (Å²) in [6.45, 7) is 1.62. The number of hydrogen-bond donors (Lipinski definition) is 1. The molecule has 11 heteroatoms. The number of amides is 1. The minimum Gasteiger partial charge on any atom is -0.480 e. The second-order valence-corrected chi connectivity index (χ2v) is 8.07. The summed E-state index contributed by atoms with van der Waals surface area (Å²) < 4.78 is 40.7. The lowest BCUT2D eigenvalue weighted by molar-refractivity contribution is -0.141. The van der Waals surface area contributed by atoms with E-state index in [0.717, 1.165) is 23.5 Å². The topological polar surface area (TPSA) is 71.7 Å². The first-order valence-corrected chi connectivity index (χ1v) is 10.1. The molecule has 0 fully saturated rings. The lowest BCUT2D eigenvalue weighted by atomic mass is 10.2. The largest absolute Gasteiger partial charge is 0.480 e. The zero-order valence-electron chi connectivity index (χ0n) is 15.2. The molecule has 0 aliphatic heterocycles. The molecule has 0 aliphatic carbocycles. The number of carbonyl (C=O) groups is 2.